The molecule has 140 valence electrons. The number of sulfonamides is 1. The third-order valence-corrected chi connectivity index (χ3v) is 5.42. The van der Waals surface area contributed by atoms with E-state index in [0.29, 0.717) is 24.5 Å². The van der Waals surface area contributed by atoms with Crippen molar-refractivity contribution in [1.29, 1.82) is 0 Å². The third-order valence-electron chi connectivity index (χ3n) is 4.13. The van der Waals surface area contributed by atoms with Crippen LogP contribution in [0.5, 0.6) is 0 Å². The van der Waals surface area contributed by atoms with Crippen LogP contribution in [0.2, 0.25) is 0 Å². The second kappa shape index (κ2) is 8.68. The van der Waals surface area contributed by atoms with Crippen LogP contribution in [0.25, 0.3) is 0 Å². The summed E-state index contributed by atoms with van der Waals surface area (Å²) in [7, 11) is -3.42. The Kier molecular flexibility index (Phi) is 6.08. The minimum absolute atomic E-state index is 0.0322. The summed E-state index contributed by atoms with van der Waals surface area (Å²) in [6.45, 7) is 2.72. The molecule has 3 aromatic rings. The normalized spacial score (nSPS) is 11.1. The van der Waals surface area contributed by atoms with Gasteiger partial charge in [-0.25, -0.2) is 13.4 Å². The summed E-state index contributed by atoms with van der Waals surface area (Å²) in [4.78, 5) is 4.28. The molecule has 0 saturated carbocycles. The molecule has 0 amide bonds. The first-order chi connectivity index (χ1) is 13.0. The number of hydrogen-bond acceptors (Lipinski definition) is 4. The molecule has 0 aliphatic heterocycles. The minimum Gasteiger partial charge on any atom is -0.366 e. The lowest BCUT2D eigenvalue weighted by molar-refractivity contribution is 0.600. The molecule has 0 fully saturated rings. The summed E-state index contributed by atoms with van der Waals surface area (Å²) in [6, 6.07) is 21.3. The van der Waals surface area contributed by atoms with Gasteiger partial charge in [0.05, 0.1) is 17.6 Å². The molecule has 0 saturated heterocycles. The molecule has 6 heteroatoms. The minimum atomic E-state index is -3.42. The maximum Gasteiger partial charge on any atom is 0.233 e. The lowest BCUT2D eigenvalue weighted by Crippen LogP contribution is -2.18. The molecule has 3 rings (SSSR count). The molecule has 0 unspecified atom stereocenters. The maximum atomic E-state index is 12.2. The van der Waals surface area contributed by atoms with Crippen LogP contribution in [0.15, 0.2) is 72.9 Å². The first kappa shape index (κ1) is 18.9. The Bertz CT molecular complexity index is 955. The highest BCUT2D eigenvalue weighted by Crippen LogP contribution is 2.13. The number of rotatable bonds is 8. The first-order valence-electron chi connectivity index (χ1n) is 8.80. The summed E-state index contributed by atoms with van der Waals surface area (Å²) in [5.41, 5.74) is 3.84. The zero-order chi connectivity index (χ0) is 19.1. The summed E-state index contributed by atoms with van der Waals surface area (Å²) in [5, 5.41) is 3.23. The highest BCUT2D eigenvalue weighted by atomic mass is 32.2. The fourth-order valence-electron chi connectivity index (χ4n) is 2.58. The van der Waals surface area contributed by atoms with Crippen LogP contribution < -0.4 is 10.0 Å². The van der Waals surface area contributed by atoms with E-state index in [-0.39, 0.29) is 5.75 Å². The molecule has 0 radical (unpaired) electrons. The van der Waals surface area contributed by atoms with Gasteiger partial charge in [-0.15, -0.1) is 0 Å². The summed E-state index contributed by atoms with van der Waals surface area (Å²) < 4.78 is 27.1. The summed E-state index contributed by atoms with van der Waals surface area (Å²) >= 11 is 0. The molecule has 0 aliphatic rings. The smallest absolute Gasteiger partial charge is 0.233 e. The van der Waals surface area contributed by atoms with Crippen molar-refractivity contribution in [2.45, 2.75) is 19.9 Å². The molecular formula is C21H23N3O2S. The molecule has 0 atom stereocenters. The third kappa shape index (κ3) is 6.11. The summed E-state index contributed by atoms with van der Waals surface area (Å²) in [5.74, 6) is 0.729. The van der Waals surface area contributed by atoms with Gasteiger partial charge in [-0.3, -0.25) is 4.72 Å². The average molecular weight is 382 g/mol. The number of benzene rings is 2. The molecule has 1 heterocycles. The van der Waals surface area contributed by atoms with Crippen molar-refractivity contribution in [3.8, 4) is 0 Å². The number of hydrogen-bond donors (Lipinski definition) is 2. The molecule has 1 aromatic heterocycles. The van der Waals surface area contributed by atoms with E-state index in [1.807, 2.05) is 30.3 Å². The van der Waals surface area contributed by atoms with Gasteiger partial charge in [-0.1, -0.05) is 60.2 Å². The molecule has 0 aliphatic carbocycles. The van der Waals surface area contributed by atoms with E-state index in [9.17, 15) is 8.42 Å². The average Bonchev–Trinajstić information content (AvgIpc) is 2.68. The van der Waals surface area contributed by atoms with Crippen molar-refractivity contribution in [2.75, 3.05) is 15.8 Å². The van der Waals surface area contributed by atoms with E-state index in [2.05, 4.69) is 46.2 Å². The monoisotopic (exact) mass is 381 g/mol. The maximum absolute atomic E-state index is 12.2. The first-order valence-corrected chi connectivity index (χ1v) is 10.5. The van der Waals surface area contributed by atoms with Gasteiger partial charge in [0.1, 0.15) is 5.82 Å². The molecular weight excluding hydrogens is 358 g/mol. The Morgan fingerprint density at radius 1 is 0.889 bits per heavy atom. The SMILES string of the molecule is Cc1ccc(CNc2ccc(NS(=O)(=O)CCc3ccccc3)cn2)cc1. The van der Waals surface area contributed by atoms with E-state index in [4.69, 9.17) is 0 Å². The van der Waals surface area contributed by atoms with Crippen LogP contribution >= 0.6 is 0 Å². The highest BCUT2D eigenvalue weighted by Gasteiger charge is 2.11. The van der Waals surface area contributed by atoms with Crippen LogP contribution in [-0.2, 0) is 23.0 Å². The quantitative estimate of drug-likeness (QED) is 0.619. The van der Waals surface area contributed by atoms with Crippen LogP contribution in [0.1, 0.15) is 16.7 Å². The Labute approximate surface area is 160 Å². The zero-order valence-corrected chi connectivity index (χ0v) is 16.0. The fraction of sp³-hybridized carbons (Fsp3) is 0.190. The van der Waals surface area contributed by atoms with Crippen LogP contribution in [0.3, 0.4) is 0 Å². The van der Waals surface area contributed by atoms with Crippen LogP contribution in [0, 0.1) is 6.92 Å². The number of aromatic nitrogens is 1. The number of pyridine rings is 1. The van der Waals surface area contributed by atoms with Gasteiger partial charge in [-0.2, -0.15) is 0 Å². The van der Waals surface area contributed by atoms with Gasteiger partial charge < -0.3 is 5.32 Å². The fourth-order valence-corrected chi connectivity index (χ4v) is 3.67. The lowest BCUT2D eigenvalue weighted by atomic mass is 10.1. The van der Waals surface area contributed by atoms with Crippen LogP contribution in [-0.4, -0.2) is 19.2 Å². The molecule has 0 spiro atoms. The predicted octanol–water partition coefficient (Wildman–Crippen LogP) is 3.99. The molecule has 2 aromatic carbocycles. The second-order valence-electron chi connectivity index (χ2n) is 6.43. The molecule has 5 nitrogen and oxygen atoms in total. The Balaban J connectivity index is 1.52. The van der Waals surface area contributed by atoms with Crippen molar-refractivity contribution in [2.24, 2.45) is 0 Å². The van der Waals surface area contributed by atoms with Gasteiger partial charge in [-0.05, 0) is 36.6 Å². The van der Waals surface area contributed by atoms with Gasteiger partial charge >= 0.3 is 0 Å². The Morgan fingerprint density at radius 3 is 2.30 bits per heavy atom. The van der Waals surface area contributed by atoms with Crippen molar-refractivity contribution in [1.82, 2.24) is 4.98 Å². The van der Waals surface area contributed by atoms with Gasteiger partial charge in [0.15, 0.2) is 0 Å². The van der Waals surface area contributed by atoms with Crippen molar-refractivity contribution in [3.63, 3.8) is 0 Å². The number of anilines is 2. The number of nitrogens with zero attached hydrogens (tertiary/aromatic N) is 1. The topological polar surface area (TPSA) is 71.1 Å². The van der Waals surface area contributed by atoms with E-state index in [1.165, 1.54) is 11.8 Å². The molecule has 27 heavy (non-hydrogen) atoms. The largest absolute Gasteiger partial charge is 0.366 e. The Morgan fingerprint density at radius 2 is 1.63 bits per heavy atom. The van der Waals surface area contributed by atoms with E-state index in [0.717, 1.165) is 11.1 Å². The summed E-state index contributed by atoms with van der Waals surface area (Å²) in [6.07, 6.45) is 2.00. The van der Waals surface area contributed by atoms with Gasteiger partial charge in [0, 0.05) is 6.54 Å². The van der Waals surface area contributed by atoms with Crippen molar-refractivity contribution >= 4 is 21.5 Å². The second-order valence-corrected chi connectivity index (χ2v) is 8.27. The van der Waals surface area contributed by atoms with Crippen molar-refractivity contribution < 1.29 is 8.42 Å². The molecule has 0 bridgehead atoms. The Hall–Kier alpha value is -2.86. The standard InChI is InChI=1S/C21H23N3O2S/c1-17-7-9-19(10-8-17)15-22-21-12-11-20(16-23-21)24-27(25,26)14-13-18-5-3-2-4-6-18/h2-12,16,24H,13-15H2,1H3,(H,22,23). The molecule has 2 N–H and O–H groups in total. The van der Waals surface area contributed by atoms with Crippen LogP contribution in [0.4, 0.5) is 11.5 Å². The highest BCUT2D eigenvalue weighted by molar-refractivity contribution is 7.92. The van der Waals surface area contributed by atoms with Crippen molar-refractivity contribution in [3.05, 3.63) is 89.6 Å². The van der Waals surface area contributed by atoms with E-state index in [1.54, 1.807) is 12.1 Å². The van der Waals surface area contributed by atoms with E-state index >= 15 is 0 Å². The van der Waals surface area contributed by atoms with E-state index < -0.39 is 10.0 Å². The van der Waals surface area contributed by atoms with Gasteiger partial charge in [0.2, 0.25) is 10.0 Å². The number of aryl methyl sites for hydroxylation is 2. The lowest BCUT2D eigenvalue weighted by Gasteiger charge is -2.10. The van der Waals surface area contributed by atoms with Gasteiger partial charge in [0.25, 0.3) is 0 Å². The predicted molar refractivity (Wildman–Crippen MR) is 110 cm³/mol. The number of nitrogens with one attached hydrogen (secondary N) is 2. The zero-order valence-electron chi connectivity index (χ0n) is 15.2.